The maximum Gasteiger partial charge on any atom is 0.189 e. The van der Waals surface area contributed by atoms with Crippen molar-refractivity contribution in [2.24, 2.45) is 0 Å². The van der Waals surface area contributed by atoms with Crippen LogP contribution in [0.2, 0.25) is 0 Å². The lowest BCUT2D eigenvalue weighted by molar-refractivity contribution is -0.146. The van der Waals surface area contributed by atoms with Crippen molar-refractivity contribution in [3.63, 3.8) is 0 Å². The molecule has 0 atom stereocenters. The van der Waals surface area contributed by atoms with E-state index in [-0.39, 0.29) is 18.0 Å². The van der Waals surface area contributed by atoms with Gasteiger partial charge in [-0.15, -0.1) is 0 Å². The molecular formula is C18H28O4. The predicted molar refractivity (Wildman–Crippen MR) is 87.3 cm³/mol. The molecule has 0 aliphatic carbocycles. The van der Waals surface area contributed by atoms with Crippen LogP contribution >= 0.6 is 0 Å². The van der Waals surface area contributed by atoms with Crippen LogP contribution in [-0.4, -0.2) is 36.8 Å². The zero-order valence-corrected chi connectivity index (χ0v) is 14.3. The van der Waals surface area contributed by atoms with Crippen LogP contribution in [0.1, 0.15) is 41.0 Å². The predicted octanol–water partition coefficient (Wildman–Crippen LogP) is 3.63. The second-order valence-electron chi connectivity index (χ2n) is 6.34. The minimum atomic E-state index is -0.835. The maximum absolute atomic E-state index is 12.0. The highest BCUT2D eigenvalue weighted by atomic mass is 16.5. The van der Waals surface area contributed by atoms with E-state index in [4.69, 9.17) is 14.2 Å². The first-order valence-corrected chi connectivity index (χ1v) is 7.76. The van der Waals surface area contributed by atoms with E-state index in [2.05, 4.69) is 0 Å². The molecule has 0 N–H and O–H groups in total. The Morgan fingerprint density at radius 2 is 1.73 bits per heavy atom. The Hall–Kier alpha value is -1.39. The fraction of sp³-hybridized carbons (Fsp3) is 0.611. The van der Waals surface area contributed by atoms with E-state index in [0.29, 0.717) is 19.6 Å². The largest absolute Gasteiger partial charge is 0.488 e. The molecule has 0 aliphatic heterocycles. The summed E-state index contributed by atoms with van der Waals surface area (Å²) in [6, 6.07) is 9.70. The summed E-state index contributed by atoms with van der Waals surface area (Å²) in [5.41, 5.74) is -1.20. The normalized spacial score (nSPS) is 12.2. The summed E-state index contributed by atoms with van der Waals surface area (Å²) in [7, 11) is 0. The van der Waals surface area contributed by atoms with Gasteiger partial charge in [0.15, 0.2) is 5.78 Å². The number of hydrogen-bond donors (Lipinski definition) is 0. The first-order chi connectivity index (χ1) is 10.3. The number of para-hydroxylation sites is 1. The van der Waals surface area contributed by atoms with Gasteiger partial charge in [0.05, 0.1) is 6.61 Å². The Bertz CT molecular complexity index is 451. The van der Waals surface area contributed by atoms with Gasteiger partial charge in [0.25, 0.3) is 0 Å². The summed E-state index contributed by atoms with van der Waals surface area (Å²) in [6.07, 6.45) is 0.688. The molecule has 22 heavy (non-hydrogen) atoms. The van der Waals surface area contributed by atoms with E-state index in [1.165, 1.54) is 0 Å². The molecule has 0 bridgehead atoms. The summed E-state index contributed by atoms with van der Waals surface area (Å²) in [6.45, 7) is 10.5. The third-order valence-corrected chi connectivity index (χ3v) is 3.41. The molecule has 0 aromatic heterocycles. The van der Waals surface area contributed by atoms with Gasteiger partial charge in [-0.25, -0.2) is 0 Å². The molecule has 1 aromatic carbocycles. The van der Waals surface area contributed by atoms with Crippen LogP contribution in [0.25, 0.3) is 0 Å². The van der Waals surface area contributed by atoms with Gasteiger partial charge >= 0.3 is 0 Å². The Kier molecular flexibility index (Phi) is 7.04. The second-order valence-corrected chi connectivity index (χ2v) is 6.34. The molecule has 4 nitrogen and oxygen atoms in total. The molecule has 0 aliphatic rings. The highest BCUT2D eigenvalue weighted by Gasteiger charge is 2.29. The summed E-state index contributed by atoms with van der Waals surface area (Å²) < 4.78 is 16.9. The number of Topliss-reactive ketones (excluding diaryl/α,β-unsaturated/α-hetero) is 1. The van der Waals surface area contributed by atoms with Gasteiger partial charge in [0.1, 0.15) is 23.6 Å². The highest BCUT2D eigenvalue weighted by molar-refractivity contribution is 5.87. The molecule has 0 unspecified atom stereocenters. The number of ketones is 1. The third kappa shape index (κ3) is 6.58. The monoisotopic (exact) mass is 308 g/mol. The number of carbonyl (C=O) groups is 1. The van der Waals surface area contributed by atoms with Crippen LogP contribution in [0.15, 0.2) is 30.3 Å². The number of benzene rings is 1. The van der Waals surface area contributed by atoms with Gasteiger partial charge in [-0.1, -0.05) is 18.2 Å². The molecule has 0 spiro atoms. The molecule has 0 fully saturated rings. The first kappa shape index (κ1) is 18.7. The molecule has 0 saturated carbocycles. The maximum atomic E-state index is 12.0. The van der Waals surface area contributed by atoms with Gasteiger partial charge in [0, 0.05) is 13.0 Å². The van der Waals surface area contributed by atoms with E-state index in [1.54, 1.807) is 13.8 Å². The minimum Gasteiger partial charge on any atom is -0.488 e. The smallest absolute Gasteiger partial charge is 0.189 e. The van der Waals surface area contributed by atoms with Crippen molar-refractivity contribution in [1.82, 2.24) is 0 Å². The number of carbonyl (C=O) groups excluding carboxylic acids is 1. The minimum absolute atomic E-state index is 0.0452. The summed E-state index contributed by atoms with van der Waals surface area (Å²) >= 11 is 0. The van der Waals surface area contributed by atoms with Crippen molar-refractivity contribution < 1.29 is 19.0 Å². The zero-order valence-electron chi connectivity index (χ0n) is 14.3. The van der Waals surface area contributed by atoms with E-state index >= 15 is 0 Å². The third-order valence-electron chi connectivity index (χ3n) is 3.41. The van der Waals surface area contributed by atoms with Crippen LogP contribution in [0, 0.1) is 0 Å². The van der Waals surface area contributed by atoms with E-state index < -0.39 is 5.60 Å². The van der Waals surface area contributed by atoms with Gasteiger partial charge < -0.3 is 14.2 Å². The fourth-order valence-electron chi connectivity index (χ4n) is 1.86. The van der Waals surface area contributed by atoms with Gasteiger partial charge in [-0.3, -0.25) is 4.79 Å². The van der Waals surface area contributed by atoms with Crippen molar-refractivity contribution in [1.29, 1.82) is 0 Å². The highest BCUT2D eigenvalue weighted by Crippen LogP contribution is 2.22. The lowest BCUT2D eigenvalue weighted by atomic mass is 10.0. The van der Waals surface area contributed by atoms with E-state index in [0.717, 1.165) is 5.75 Å². The molecule has 0 amide bonds. The summed E-state index contributed by atoms with van der Waals surface area (Å²) in [4.78, 5) is 12.0. The zero-order chi connectivity index (χ0) is 16.6. The lowest BCUT2D eigenvalue weighted by Crippen LogP contribution is -2.40. The van der Waals surface area contributed by atoms with Gasteiger partial charge in [-0.2, -0.15) is 0 Å². The van der Waals surface area contributed by atoms with Crippen molar-refractivity contribution in [3.05, 3.63) is 30.3 Å². The molecule has 0 saturated heterocycles. The Balaban J connectivity index is 2.42. The lowest BCUT2D eigenvalue weighted by Gasteiger charge is -2.29. The average Bonchev–Trinajstić information content (AvgIpc) is 2.44. The van der Waals surface area contributed by atoms with Crippen LogP contribution in [0.5, 0.6) is 5.75 Å². The van der Waals surface area contributed by atoms with Crippen molar-refractivity contribution >= 4 is 5.78 Å². The quantitative estimate of drug-likeness (QED) is 0.662. The molecular weight excluding hydrogens is 280 g/mol. The summed E-state index contributed by atoms with van der Waals surface area (Å²) in [5, 5.41) is 0. The van der Waals surface area contributed by atoms with Gasteiger partial charge in [-0.05, 0) is 46.8 Å². The van der Waals surface area contributed by atoms with Crippen LogP contribution < -0.4 is 4.74 Å². The average molecular weight is 308 g/mol. The van der Waals surface area contributed by atoms with Crippen LogP contribution in [-0.2, 0) is 14.3 Å². The molecule has 1 rings (SSSR count). The molecule has 0 radical (unpaired) electrons. The van der Waals surface area contributed by atoms with E-state index in [9.17, 15) is 4.79 Å². The van der Waals surface area contributed by atoms with Crippen molar-refractivity contribution in [3.8, 4) is 5.75 Å². The molecule has 4 heteroatoms. The number of rotatable bonds is 10. The SMILES string of the molecule is CCOCC(=O)C(C)(C)OCCC(C)(C)Oc1ccccc1. The summed E-state index contributed by atoms with van der Waals surface area (Å²) in [5.74, 6) is 0.787. The number of hydrogen-bond acceptors (Lipinski definition) is 4. The Labute approximate surface area is 133 Å². The van der Waals surface area contributed by atoms with Gasteiger partial charge in [0.2, 0.25) is 0 Å². The fourth-order valence-corrected chi connectivity index (χ4v) is 1.86. The molecule has 124 valence electrons. The number of ether oxygens (including phenoxy) is 3. The first-order valence-electron chi connectivity index (χ1n) is 7.76. The van der Waals surface area contributed by atoms with E-state index in [1.807, 2.05) is 51.1 Å². The molecule has 1 aromatic rings. The Morgan fingerprint density at radius 1 is 1.09 bits per heavy atom. The molecule has 0 heterocycles. The van der Waals surface area contributed by atoms with Crippen molar-refractivity contribution in [2.75, 3.05) is 19.8 Å². The van der Waals surface area contributed by atoms with Crippen LogP contribution in [0.4, 0.5) is 0 Å². The Morgan fingerprint density at radius 3 is 2.32 bits per heavy atom. The van der Waals surface area contributed by atoms with Crippen LogP contribution in [0.3, 0.4) is 0 Å². The second kappa shape index (κ2) is 8.30. The topological polar surface area (TPSA) is 44.8 Å². The van der Waals surface area contributed by atoms with Crippen molar-refractivity contribution in [2.45, 2.75) is 52.2 Å². The standard InChI is InChI=1S/C18H28O4/c1-6-20-14-16(19)18(4,5)21-13-12-17(2,3)22-15-10-8-7-9-11-15/h7-11H,6,12-14H2,1-5H3.